The molecule has 1 atom stereocenters. The molecule has 0 saturated carbocycles. The van der Waals surface area contributed by atoms with Gasteiger partial charge in [-0.1, -0.05) is 24.3 Å². The predicted octanol–water partition coefficient (Wildman–Crippen LogP) is 2.74. The van der Waals surface area contributed by atoms with Crippen molar-refractivity contribution >= 4 is 18.0 Å². The Hall–Kier alpha value is -3.35. The summed E-state index contributed by atoms with van der Waals surface area (Å²) in [6.45, 7) is 3.96. The first kappa shape index (κ1) is 17.1. The van der Waals surface area contributed by atoms with Crippen LogP contribution in [0.4, 0.5) is 0 Å². The topological polar surface area (TPSA) is 95.3 Å². The minimum absolute atomic E-state index is 0.0460. The maximum atomic E-state index is 12.2. The summed E-state index contributed by atoms with van der Waals surface area (Å²) in [6, 6.07) is 14.4. The second-order valence-electron chi connectivity index (χ2n) is 6.97. The largest absolute Gasteiger partial charge is 0.335 e. The molecule has 7 nitrogen and oxygen atoms in total. The van der Waals surface area contributed by atoms with E-state index in [1.54, 1.807) is 24.3 Å². The lowest BCUT2D eigenvalue weighted by molar-refractivity contribution is 0.0920. The standard InChI is InChI=1S/C20H19N5O2/c1-19(11-23-19)15-7-3-13(4-8-15)17(26)21-12-22-18(27)14-5-9-16(10-6-14)20(2)24-25-20/h3-11H,12H2,1-2H3,(H,21,26)(H,22,27). The van der Waals surface area contributed by atoms with Crippen LogP contribution in [0, 0.1) is 0 Å². The van der Waals surface area contributed by atoms with E-state index in [1.165, 1.54) is 0 Å². The maximum absolute atomic E-state index is 12.2. The highest BCUT2D eigenvalue weighted by Gasteiger charge is 2.36. The van der Waals surface area contributed by atoms with Crippen molar-refractivity contribution in [3.8, 4) is 0 Å². The van der Waals surface area contributed by atoms with Gasteiger partial charge >= 0.3 is 0 Å². The normalized spacial score (nSPS) is 20.8. The van der Waals surface area contributed by atoms with E-state index in [0.29, 0.717) is 11.1 Å². The average molecular weight is 361 g/mol. The molecule has 0 radical (unpaired) electrons. The predicted molar refractivity (Wildman–Crippen MR) is 101 cm³/mol. The highest BCUT2D eigenvalue weighted by Crippen LogP contribution is 2.38. The number of amides is 2. The smallest absolute Gasteiger partial charge is 0.252 e. The molecule has 2 aromatic carbocycles. The molecule has 2 amide bonds. The zero-order chi connectivity index (χ0) is 19.1. The number of benzene rings is 2. The van der Waals surface area contributed by atoms with Crippen molar-refractivity contribution in [3.05, 3.63) is 70.8 Å². The minimum Gasteiger partial charge on any atom is -0.335 e. The SMILES string of the molecule is CC1(c2ccc(C(=O)NCNC(=O)c3ccc(C4(C)N=N4)cc3)cc2)C=N1. The Balaban J connectivity index is 1.27. The Morgan fingerprint density at radius 3 is 1.67 bits per heavy atom. The monoisotopic (exact) mass is 361 g/mol. The number of aliphatic imine (C=N–C) groups is 1. The molecule has 7 heteroatoms. The molecular formula is C20H19N5O2. The molecule has 0 aliphatic carbocycles. The van der Waals surface area contributed by atoms with E-state index < -0.39 is 5.66 Å². The summed E-state index contributed by atoms with van der Waals surface area (Å²) >= 11 is 0. The fourth-order valence-corrected chi connectivity index (χ4v) is 2.74. The van der Waals surface area contributed by atoms with Gasteiger partial charge in [-0.15, -0.1) is 0 Å². The van der Waals surface area contributed by atoms with Crippen LogP contribution in [0.2, 0.25) is 0 Å². The fourth-order valence-electron chi connectivity index (χ4n) is 2.74. The van der Waals surface area contributed by atoms with Crippen LogP contribution in [-0.4, -0.2) is 24.7 Å². The Bertz CT molecular complexity index is 869. The highest BCUT2D eigenvalue weighted by atomic mass is 16.2. The van der Waals surface area contributed by atoms with Crippen LogP contribution >= 0.6 is 0 Å². The van der Waals surface area contributed by atoms with Crippen LogP contribution in [0.25, 0.3) is 0 Å². The zero-order valence-electron chi connectivity index (χ0n) is 15.1. The van der Waals surface area contributed by atoms with E-state index in [2.05, 4.69) is 25.9 Å². The molecule has 0 saturated heterocycles. The van der Waals surface area contributed by atoms with Crippen LogP contribution in [-0.2, 0) is 11.2 Å². The van der Waals surface area contributed by atoms with Crippen molar-refractivity contribution in [2.24, 2.45) is 15.2 Å². The first-order valence-corrected chi connectivity index (χ1v) is 8.68. The van der Waals surface area contributed by atoms with Gasteiger partial charge in [0.2, 0.25) is 5.66 Å². The van der Waals surface area contributed by atoms with Gasteiger partial charge in [0.1, 0.15) is 5.54 Å². The van der Waals surface area contributed by atoms with Crippen LogP contribution in [0.5, 0.6) is 0 Å². The number of rotatable bonds is 6. The van der Waals surface area contributed by atoms with E-state index in [1.807, 2.05) is 44.3 Å². The summed E-state index contributed by atoms with van der Waals surface area (Å²) in [6.07, 6.45) is 1.87. The third kappa shape index (κ3) is 3.48. The van der Waals surface area contributed by atoms with Crippen LogP contribution in [0.15, 0.2) is 63.8 Å². The van der Waals surface area contributed by atoms with Gasteiger partial charge in [-0.2, -0.15) is 10.2 Å². The van der Waals surface area contributed by atoms with Crippen molar-refractivity contribution in [3.63, 3.8) is 0 Å². The summed E-state index contributed by atoms with van der Waals surface area (Å²) in [4.78, 5) is 28.6. The number of nitrogens with zero attached hydrogens (tertiary/aromatic N) is 3. The van der Waals surface area contributed by atoms with Crippen LogP contribution < -0.4 is 10.6 Å². The summed E-state index contributed by atoms with van der Waals surface area (Å²) in [7, 11) is 0. The average Bonchev–Trinajstić information content (AvgIpc) is 3.61. The van der Waals surface area contributed by atoms with E-state index in [-0.39, 0.29) is 24.0 Å². The molecule has 2 aliphatic heterocycles. The maximum Gasteiger partial charge on any atom is 0.252 e. The fraction of sp³-hybridized carbons (Fsp3) is 0.250. The van der Waals surface area contributed by atoms with Gasteiger partial charge < -0.3 is 10.6 Å². The quantitative estimate of drug-likeness (QED) is 0.774. The molecule has 0 bridgehead atoms. The third-order valence-corrected chi connectivity index (χ3v) is 4.84. The summed E-state index contributed by atoms with van der Waals surface area (Å²) in [5, 5.41) is 13.3. The Kier molecular flexibility index (Phi) is 3.87. The van der Waals surface area contributed by atoms with E-state index >= 15 is 0 Å². The van der Waals surface area contributed by atoms with E-state index in [4.69, 9.17) is 0 Å². The Morgan fingerprint density at radius 2 is 1.26 bits per heavy atom. The Labute approximate surface area is 156 Å². The molecule has 136 valence electrons. The van der Waals surface area contributed by atoms with Crippen molar-refractivity contribution in [2.45, 2.75) is 25.0 Å². The lowest BCUT2D eigenvalue weighted by Crippen LogP contribution is -2.37. The lowest BCUT2D eigenvalue weighted by atomic mass is 9.99. The van der Waals surface area contributed by atoms with Crippen LogP contribution in [0.1, 0.15) is 45.7 Å². The number of carbonyl (C=O) groups excluding carboxylic acids is 2. The summed E-state index contributed by atoms with van der Waals surface area (Å²) in [5.41, 5.74) is 2.38. The number of hydrogen-bond acceptors (Lipinski definition) is 5. The zero-order valence-corrected chi connectivity index (χ0v) is 15.1. The minimum atomic E-state index is -0.457. The Morgan fingerprint density at radius 1 is 0.815 bits per heavy atom. The van der Waals surface area contributed by atoms with Crippen LogP contribution in [0.3, 0.4) is 0 Å². The molecule has 27 heavy (non-hydrogen) atoms. The van der Waals surface area contributed by atoms with Gasteiger partial charge in [0.25, 0.3) is 11.8 Å². The first-order chi connectivity index (χ1) is 12.9. The summed E-state index contributed by atoms with van der Waals surface area (Å²) in [5.74, 6) is -0.505. The van der Waals surface area contributed by atoms with E-state index in [0.717, 1.165) is 11.1 Å². The van der Waals surface area contributed by atoms with Crippen molar-refractivity contribution in [1.82, 2.24) is 10.6 Å². The number of nitrogens with one attached hydrogen (secondary N) is 2. The van der Waals surface area contributed by atoms with Gasteiger partial charge in [-0.3, -0.25) is 14.6 Å². The van der Waals surface area contributed by atoms with Crippen molar-refractivity contribution in [2.75, 3.05) is 6.67 Å². The molecule has 2 N–H and O–H groups in total. The lowest BCUT2D eigenvalue weighted by Gasteiger charge is -2.10. The molecule has 2 heterocycles. The van der Waals surface area contributed by atoms with Gasteiger partial charge in [0, 0.05) is 22.9 Å². The van der Waals surface area contributed by atoms with Gasteiger partial charge in [-0.05, 0) is 43.7 Å². The van der Waals surface area contributed by atoms with Crippen molar-refractivity contribution in [1.29, 1.82) is 0 Å². The molecule has 0 aromatic heterocycles. The highest BCUT2D eigenvalue weighted by molar-refractivity contribution is 5.96. The molecule has 1 unspecified atom stereocenters. The second-order valence-corrected chi connectivity index (χ2v) is 6.97. The molecule has 4 rings (SSSR count). The summed E-state index contributed by atoms with van der Waals surface area (Å²) < 4.78 is 0. The van der Waals surface area contributed by atoms with Gasteiger partial charge in [-0.25, -0.2) is 0 Å². The number of hydrogen-bond donors (Lipinski definition) is 2. The third-order valence-electron chi connectivity index (χ3n) is 4.84. The molecular weight excluding hydrogens is 342 g/mol. The molecule has 0 fully saturated rings. The number of carbonyl (C=O) groups is 2. The molecule has 2 aliphatic rings. The van der Waals surface area contributed by atoms with Crippen molar-refractivity contribution < 1.29 is 9.59 Å². The van der Waals surface area contributed by atoms with Gasteiger partial charge in [0.15, 0.2) is 0 Å². The van der Waals surface area contributed by atoms with Gasteiger partial charge in [0.05, 0.1) is 6.67 Å². The first-order valence-electron chi connectivity index (χ1n) is 8.68. The second kappa shape index (κ2) is 6.12. The molecule has 0 spiro atoms. The van der Waals surface area contributed by atoms with E-state index in [9.17, 15) is 9.59 Å². The molecule has 2 aromatic rings.